The molecule has 88 valence electrons. The first kappa shape index (κ1) is 11.2. The molecule has 0 spiro atoms. The lowest BCUT2D eigenvalue weighted by Gasteiger charge is -2.23. The van der Waals surface area contributed by atoms with Crippen molar-refractivity contribution in [2.24, 2.45) is 5.41 Å². The van der Waals surface area contributed by atoms with Crippen molar-refractivity contribution in [1.82, 2.24) is 9.97 Å². The van der Waals surface area contributed by atoms with Crippen LogP contribution in [0.2, 0.25) is 0 Å². The fourth-order valence-electron chi connectivity index (χ4n) is 2.18. The molecular formula is C12H19N3O. The van der Waals surface area contributed by atoms with Crippen LogP contribution >= 0.6 is 0 Å². The summed E-state index contributed by atoms with van der Waals surface area (Å²) in [5, 5.41) is 0. The van der Waals surface area contributed by atoms with E-state index in [9.17, 15) is 4.79 Å². The number of nitrogens with one attached hydrogen (secondary N) is 1. The van der Waals surface area contributed by atoms with Crippen LogP contribution in [0.1, 0.15) is 33.1 Å². The SMILES string of the molecule is CC1(C)CCCN(c2cc(=O)[nH]cn2)CC1. The lowest BCUT2D eigenvalue weighted by Crippen LogP contribution is -2.27. The van der Waals surface area contributed by atoms with Crippen LogP contribution in [0, 0.1) is 5.41 Å². The molecular weight excluding hydrogens is 202 g/mol. The van der Waals surface area contributed by atoms with Gasteiger partial charge < -0.3 is 9.88 Å². The molecule has 1 aromatic heterocycles. The summed E-state index contributed by atoms with van der Waals surface area (Å²) in [6.07, 6.45) is 5.04. The van der Waals surface area contributed by atoms with Crippen molar-refractivity contribution in [2.45, 2.75) is 33.1 Å². The highest BCUT2D eigenvalue weighted by molar-refractivity contribution is 5.36. The molecule has 1 saturated heterocycles. The second-order valence-electron chi connectivity index (χ2n) is 5.27. The molecule has 1 N–H and O–H groups in total. The number of H-pyrrole nitrogens is 1. The zero-order chi connectivity index (χ0) is 11.6. The van der Waals surface area contributed by atoms with Gasteiger partial charge in [0.15, 0.2) is 0 Å². The van der Waals surface area contributed by atoms with Crippen LogP contribution in [0.4, 0.5) is 5.82 Å². The van der Waals surface area contributed by atoms with Crippen molar-refractivity contribution in [3.63, 3.8) is 0 Å². The topological polar surface area (TPSA) is 49.0 Å². The fourth-order valence-corrected chi connectivity index (χ4v) is 2.18. The average molecular weight is 221 g/mol. The first-order valence-electron chi connectivity index (χ1n) is 5.87. The summed E-state index contributed by atoms with van der Waals surface area (Å²) >= 11 is 0. The highest BCUT2D eigenvalue weighted by atomic mass is 16.1. The van der Waals surface area contributed by atoms with Gasteiger partial charge in [-0.3, -0.25) is 4.79 Å². The first-order valence-corrected chi connectivity index (χ1v) is 5.87. The minimum atomic E-state index is -0.0755. The van der Waals surface area contributed by atoms with E-state index in [0.29, 0.717) is 5.41 Å². The summed E-state index contributed by atoms with van der Waals surface area (Å²) in [5.74, 6) is 0.807. The number of rotatable bonds is 1. The van der Waals surface area contributed by atoms with E-state index in [-0.39, 0.29) is 5.56 Å². The monoisotopic (exact) mass is 221 g/mol. The summed E-state index contributed by atoms with van der Waals surface area (Å²) in [7, 11) is 0. The highest BCUT2D eigenvalue weighted by Crippen LogP contribution is 2.30. The lowest BCUT2D eigenvalue weighted by molar-refractivity contribution is 0.325. The van der Waals surface area contributed by atoms with E-state index in [2.05, 4.69) is 28.7 Å². The largest absolute Gasteiger partial charge is 0.356 e. The molecule has 2 rings (SSSR count). The molecule has 0 unspecified atom stereocenters. The molecule has 0 saturated carbocycles. The third-order valence-electron chi connectivity index (χ3n) is 3.33. The third kappa shape index (κ3) is 2.62. The Bertz CT molecular complexity index is 411. The van der Waals surface area contributed by atoms with E-state index in [1.165, 1.54) is 19.2 Å². The predicted molar refractivity (Wildman–Crippen MR) is 64.7 cm³/mol. The number of hydrogen-bond acceptors (Lipinski definition) is 3. The number of hydrogen-bond donors (Lipinski definition) is 1. The Morgan fingerprint density at radius 1 is 1.38 bits per heavy atom. The molecule has 1 aromatic rings. The van der Waals surface area contributed by atoms with E-state index in [1.54, 1.807) is 6.07 Å². The molecule has 1 aliphatic rings. The molecule has 16 heavy (non-hydrogen) atoms. The van der Waals surface area contributed by atoms with Gasteiger partial charge in [0.1, 0.15) is 5.82 Å². The van der Waals surface area contributed by atoms with E-state index < -0.39 is 0 Å². The predicted octanol–water partition coefficient (Wildman–Crippen LogP) is 1.79. The molecule has 1 fully saturated rings. The van der Waals surface area contributed by atoms with Crippen molar-refractivity contribution in [2.75, 3.05) is 18.0 Å². The Kier molecular flexibility index (Phi) is 2.99. The van der Waals surface area contributed by atoms with Crippen molar-refractivity contribution in [3.8, 4) is 0 Å². The first-order chi connectivity index (χ1) is 7.57. The minimum absolute atomic E-state index is 0.0755. The van der Waals surface area contributed by atoms with Crippen molar-refractivity contribution in [1.29, 1.82) is 0 Å². The van der Waals surface area contributed by atoms with E-state index in [4.69, 9.17) is 0 Å². The van der Waals surface area contributed by atoms with Gasteiger partial charge in [-0.05, 0) is 24.7 Å². The number of aromatic nitrogens is 2. The number of nitrogens with zero attached hydrogens (tertiary/aromatic N) is 2. The molecule has 1 aliphatic heterocycles. The second kappa shape index (κ2) is 4.28. The zero-order valence-electron chi connectivity index (χ0n) is 9.99. The maximum Gasteiger partial charge on any atom is 0.252 e. The van der Waals surface area contributed by atoms with Gasteiger partial charge in [0.2, 0.25) is 0 Å². The van der Waals surface area contributed by atoms with Gasteiger partial charge >= 0.3 is 0 Å². The Morgan fingerprint density at radius 2 is 2.19 bits per heavy atom. The third-order valence-corrected chi connectivity index (χ3v) is 3.33. The Morgan fingerprint density at radius 3 is 2.94 bits per heavy atom. The summed E-state index contributed by atoms with van der Waals surface area (Å²) in [6, 6.07) is 1.58. The Labute approximate surface area is 95.7 Å². The van der Waals surface area contributed by atoms with Crippen LogP contribution in [-0.4, -0.2) is 23.1 Å². The van der Waals surface area contributed by atoms with Crippen LogP contribution in [0.15, 0.2) is 17.2 Å². The van der Waals surface area contributed by atoms with Crippen LogP contribution in [0.5, 0.6) is 0 Å². The standard InChI is InChI=1S/C12H19N3O/c1-12(2)4-3-6-15(7-5-12)10-8-11(16)14-9-13-10/h8-9H,3-7H2,1-2H3,(H,13,14,16). The number of anilines is 1. The summed E-state index contributed by atoms with van der Waals surface area (Å²) < 4.78 is 0. The van der Waals surface area contributed by atoms with Crippen molar-refractivity contribution in [3.05, 3.63) is 22.7 Å². The highest BCUT2D eigenvalue weighted by Gasteiger charge is 2.23. The van der Waals surface area contributed by atoms with E-state index >= 15 is 0 Å². The van der Waals surface area contributed by atoms with Gasteiger partial charge in [0.25, 0.3) is 5.56 Å². The normalized spacial score (nSPS) is 20.5. The molecule has 0 aliphatic carbocycles. The molecule has 4 nitrogen and oxygen atoms in total. The summed E-state index contributed by atoms with van der Waals surface area (Å²) in [4.78, 5) is 20.2. The molecule has 0 amide bonds. The van der Waals surface area contributed by atoms with Crippen LogP contribution in [-0.2, 0) is 0 Å². The molecule has 2 heterocycles. The molecule has 4 heteroatoms. The van der Waals surface area contributed by atoms with Gasteiger partial charge in [0.05, 0.1) is 6.33 Å². The minimum Gasteiger partial charge on any atom is -0.356 e. The van der Waals surface area contributed by atoms with Crippen molar-refractivity contribution >= 4 is 5.82 Å². The summed E-state index contributed by atoms with van der Waals surface area (Å²) in [6.45, 7) is 6.60. The quantitative estimate of drug-likeness (QED) is 0.786. The van der Waals surface area contributed by atoms with Crippen LogP contribution in [0.25, 0.3) is 0 Å². The van der Waals surface area contributed by atoms with Gasteiger partial charge in [0, 0.05) is 19.2 Å². The van der Waals surface area contributed by atoms with Crippen molar-refractivity contribution < 1.29 is 0 Å². The fraction of sp³-hybridized carbons (Fsp3) is 0.667. The lowest BCUT2D eigenvalue weighted by atomic mass is 9.85. The van der Waals surface area contributed by atoms with Crippen LogP contribution < -0.4 is 10.5 Å². The van der Waals surface area contributed by atoms with E-state index in [1.807, 2.05) is 0 Å². The second-order valence-corrected chi connectivity index (χ2v) is 5.27. The maximum atomic E-state index is 11.2. The van der Waals surface area contributed by atoms with Crippen LogP contribution in [0.3, 0.4) is 0 Å². The zero-order valence-corrected chi connectivity index (χ0v) is 9.99. The Hall–Kier alpha value is -1.32. The smallest absolute Gasteiger partial charge is 0.252 e. The summed E-state index contributed by atoms with van der Waals surface area (Å²) in [5.41, 5.74) is 0.337. The van der Waals surface area contributed by atoms with E-state index in [0.717, 1.165) is 25.3 Å². The molecule has 0 atom stereocenters. The van der Waals surface area contributed by atoms with Gasteiger partial charge in [-0.25, -0.2) is 4.98 Å². The Balaban J connectivity index is 2.14. The van der Waals surface area contributed by atoms with Gasteiger partial charge in [-0.2, -0.15) is 0 Å². The molecule has 0 radical (unpaired) electrons. The number of aromatic amines is 1. The van der Waals surface area contributed by atoms with Gasteiger partial charge in [-0.1, -0.05) is 13.8 Å². The maximum absolute atomic E-state index is 11.2. The average Bonchev–Trinajstić information content (AvgIpc) is 2.39. The van der Waals surface area contributed by atoms with Gasteiger partial charge in [-0.15, -0.1) is 0 Å². The molecule has 0 aromatic carbocycles. The molecule has 0 bridgehead atoms.